The van der Waals surface area contributed by atoms with Crippen molar-refractivity contribution in [2.45, 2.75) is 18.9 Å². The minimum absolute atomic E-state index is 0.234. The Morgan fingerprint density at radius 3 is 2.55 bits per heavy atom. The smallest absolute Gasteiger partial charge is 0.0751 e. The summed E-state index contributed by atoms with van der Waals surface area (Å²) in [7, 11) is 0. The number of fused-ring (bicyclic) bond motifs is 1. The average Bonchev–Trinajstić information content (AvgIpc) is 2.89. The van der Waals surface area contributed by atoms with Crippen molar-refractivity contribution >= 4 is 22.9 Å². The Labute approximate surface area is 125 Å². The van der Waals surface area contributed by atoms with Crippen molar-refractivity contribution in [3.63, 3.8) is 0 Å². The molecule has 1 atom stereocenters. The molecule has 0 saturated carbocycles. The van der Waals surface area contributed by atoms with Crippen LogP contribution in [0.4, 0.5) is 5.69 Å². The Balaban J connectivity index is 1.97. The number of benzene rings is 2. The van der Waals surface area contributed by atoms with Crippen LogP contribution in [0.25, 0.3) is 0 Å². The first-order valence-corrected chi connectivity index (χ1v) is 7.34. The summed E-state index contributed by atoms with van der Waals surface area (Å²) in [6, 6.07) is 19.3. The molecule has 2 nitrogen and oxygen atoms in total. The van der Waals surface area contributed by atoms with Gasteiger partial charge in [0.15, 0.2) is 0 Å². The highest BCUT2D eigenvalue weighted by Crippen LogP contribution is 2.36. The maximum atomic E-state index is 5.82. The molecule has 0 bridgehead atoms. The third-order valence-corrected chi connectivity index (χ3v) is 4.04. The van der Waals surface area contributed by atoms with Crippen LogP contribution in [-0.2, 0) is 6.42 Å². The number of nitrogens with zero attached hydrogens (tertiary/aromatic N) is 1. The summed E-state index contributed by atoms with van der Waals surface area (Å²) >= 11 is 5.16. The monoisotopic (exact) mass is 282 g/mol. The Morgan fingerprint density at radius 1 is 1.10 bits per heavy atom. The van der Waals surface area contributed by atoms with E-state index >= 15 is 0 Å². The van der Waals surface area contributed by atoms with Gasteiger partial charge in [0.1, 0.15) is 0 Å². The van der Waals surface area contributed by atoms with Crippen molar-refractivity contribution in [2.24, 2.45) is 5.73 Å². The maximum Gasteiger partial charge on any atom is 0.0751 e. The predicted octanol–water partition coefficient (Wildman–Crippen LogP) is 3.47. The fourth-order valence-corrected chi connectivity index (χ4v) is 3.12. The van der Waals surface area contributed by atoms with Gasteiger partial charge >= 0.3 is 0 Å². The molecule has 0 spiro atoms. The second-order valence-electron chi connectivity index (χ2n) is 5.17. The lowest BCUT2D eigenvalue weighted by Crippen LogP contribution is -2.30. The first kappa shape index (κ1) is 13.1. The molecule has 1 unspecified atom stereocenters. The van der Waals surface area contributed by atoms with E-state index in [0.29, 0.717) is 11.4 Å². The molecule has 0 radical (unpaired) electrons. The van der Waals surface area contributed by atoms with Crippen molar-refractivity contribution in [1.82, 2.24) is 0 Å². The number of hydrogen-bond acceptors (Lipinski definition) is 2. The van der Waals surface area contributed by atoms with Gasteiger partial charge in [-0.25, -0.2) is 0 Å². The summed E-state index contributed by atoms with van der Waals surface area (Å²) in [4.78, 5) is 3.01. The molecule has 1 aliphatic rings. The molecule has 2 N–H and O–H groups in total. The standard InChI is InChI=1S/C17H18N2S/c18-17(20)12-16(13-6-2-1-3-7-13)19-11-10-14-8-4-5-9-15(14)19/h1-9,16H,10-12H2,(H2,18,20). The number of anilines is 1. The molecule has 2 aromatic carbocycles. The van der Waals surface area contributed by atoms with Crippen LogP contribution in [0.1, 0.15) is 23.6 Å². The van der Waals surface area contributed by atoms with Crippen LogP contribution in [0.2, 0.25) is 0 Å². The van der Waals surface area contributed by atoms with Gasteiger partial charge in [-0.2, -0.15) is 0 Å². The first-order chi connectivity index (χ1) is 9.75. The van der Waals surface area contributed by atoms with E-state index in [0.717, 1.165) is 13.0 Å². The number of rotatable bonds is 4. The van der Waals surface area contributed by atoms with Crippen LogP contribution in [0.5, 0.6) is 0 Å². The van der Waals surface area contributed by atoms with E-state index in [1.165, 1.54) is 16.8 Å². The van der Waals surface area contributed by atoms with Crippen molar-refractivity contribution in [1.29, 1.82) is 0 Å². The molecule has 1 heterocycles. The maximum absolute atomic E-state index is 5.82. The minimum Gasteiger partial charge on any atom is -0.393 e. The van der Waals surface area contributed by atoms with E-state index in [4.69, 9.17) is 18.0 Å². The van der Waals surface area contributed by atoms with Gasteiger partial charge in [0, 0.05) is 18.7 Å². The van der Waals surface area contributed by atoms with Gasteiger partial charge in [-0.05, 0) is 23.6 Å². The molecule has 3 heteroatoms. The number of nitrogens with two attached hydrogens (primary N) is 1. The average molecular weight is 282 g/mol. The molecule has 20 heavy (non-hydrogen) atoms. The van der Waals surface area contributed by atoms with Gasteiger partial charge < -0.3 is 10.6 Å². The van der Waals surface area contributed by atoms with Crippen molar-refractivity contribution < 1.29 is 0 Å². The number of thiocarbonyl (C=S) groups is 1. The second kappa shape index (κ2) is 5.63. The second-order valence-corrected chi connectivity index (χ2v) is 5.69. The lowest BCUT2D eigenvalue weighted by molar-refractivity contribution is 0.663. The van der Waals surface area contributed by atoms with E-state index in [1.54, 1.807) is 0 Å². The van der Waals surface area contributed by atoms with Crippen LogP contribution in [0, 0.1) is 0 Å². The van der Waals surface area contributed by atoms with Gasteiger partial charge in [-0.3, -0.25) is 0 Å². The third-order valence-electron chi connectivity index (χ3n) is 3.88. The Bertz CT molecular complexity index is 609. The summed E-state index contributed by atoms with van der Waals surface area (Å²) in [6.07, 6.45) is 1.81. The fraction of sp³-hybridized carbons (Fsp3) is 0.235. The Hall–Kier alpha value is -1.87. The summed E-state index contributed by atoms with van der Waals surface area (Å²) in [5.41, 5.74) is 9.83. The zero-order valence-corrected chi connectivity index (χ0v) is 12.1. The predicted molar refractivity (Wildman–Crippen MR) is 88.1 cm³/mol. The van der Waals surface area contributed by atoms with Crippen LogP contribution < -0.4 is 10.6 Å². The van der Waals surface area contributed by atoms with E-state index < -0.39 is 0 Å². The minimum atomic E-state index is 0.234. The normalized spacial score (nSPS) is 14.9. The van der Waals surface area contributed by atoms with Gasteiger partial charge in [0.25, 0.3) is 0 Å². The molecule has 2 aromatic rings. The topological polar surface area (TPSA) is 29.3 Å². The SMILES string of the molecule is NC(=S)CC(c1ccccc1)N1CCc2ccccc21. The van der Waals surface area contributed by atoms with E-state index in [9.17, 15) is 0 Å². The molecule has 1 aliphatic heterocycles. The molecule has 0 saturated heterocycles. The van der Waals surface area contributed by atoms with Crippen molar-refractivity contribution in [3.05, 3.63) is 65.7 Å². The van der Waals surface area contributed by atoms with Crippen LogP contribution in [0.3, 0.4) is 0 Å². The summed E-state index contributed by atoms with van der Waals surface area (Å²) in [5.74, 6) is 0. The van der Waals surface area contributed by atoms with Gasteiger partial charge in [-0.1, -0.05) is 60.7 Å². The van der Waals surface area contributed by atoms with Crippen LogP contribution >= 0.6 is 12.2 Å². The van der Waals surface area contributed by atoms with Crippen molar-refractivity contribution in [2.75, 3.05) is 11.4 Å². The van der Waals surface area contributed by atoms with E-state index in [2.05, 4.69) is 53.4 Å². The molecule has 0 aromatic heterocycles. The van der Waals surface area contributed by atoms with E-state index in [1.807, 2.05) is 6.07 Å². The fourth-order valence-electron chi connectivity index (χ4n) is 2.96. The summed E-state index contributed by atoms with van der Waals surface area (Å²) in [6.45, 7) is 1.03. The highest BCUT2D eigenvalue weighted by atomic mass is 32.1. The quantitative estimate of drug-likeness (QED) is 0.871. The highest BCUT2D eigenvalue weighted by molar-refractivity contribution is 7.80. The molecule has 102 valence electrons. The third kappa shape index (κ3) is 2.54. The molecule has 0 amide bonds. The van der Waals surface area contributed by atoms with Crippen LogP contribution in [0.15, 0.2) is 54.6 Å². The van der Waals surface area contributed by atoms with Gasteiger partial charge in [0.05, 0.1) is 11.0 Å². The Kier molecular flexibility index (Phi) is 3.70. The van der Waals surface area contributed by atoms with Gasteiger partial charge in [0.2, 0.25) is 0 Å². The lowest BCUT2D eigenvalue weighted by atomic mass is 10.0. The molecule has 3 rings (SSSR count). The summed E-state index contributed by atoms with van der Waals surface area (Å²) in [5, 5.41) is 0. The molecular weight excluding hydrogens is 264 g/mol. The summed E-state index contributed by atoms with van der Waals surface area (Å²) < 4.78 is 0. The molecule has 0 fully saturated rings. The highest BCUT2D eigenvalue weighted by Gasteiger charge is 2.27. The number of hydrogen-bond donors (Lipinski definition) is 1. The van der Waals surface area contributed by atoms with Crippen LogP contribution in [-0.4, -0.2) is 11.5 Å². The zero-order chi connectivity index (χ0) is 13.9. The Morgan fingerprint density at radius 2 is 1.80 bits per heavy atom. The lowest BCUT2D eigenvalue weighted by Gasteiger charge is -2.30. The first-order valence-electron chi connectivity index (χ1n) is 6.93. The molecular formula is C17H18N2S. The zero-order valence-electron chi connectivity index (χ0n) is 11.3. The largest absolute Gasteiger partial charge is 0.393 e. The number of para-hydroxylation sites is 1. The van der Waals surface area contributed by atoms with Gasteiger partial charge in [-0.15, -0.1) is 0 Å². The van der Waals surface area contributed by atoms with E-state index in [-0.39, 0.29) is 6.04 Å². The van der Waals surface area contributed by atoms with Crippen molar-refractivity contribution in [3.8, 4) is 0 Å². The molecule has 0 aliphatic carbocycles.